The zero-order valence-electron chi connectivity index (χ0n) is 8.31. The molecule has 1 aromatic carbocycles. The van der Waals surface area contributed by atoms with E-state index < -0.39 is 0 Å². The monoisotopic (exact) mass is 223 g/mol. The Labute approximate surface area is 94.4 Å². The summed E-state index contributed by atoms with van der Waals surface area (Å²) in [7, 11) is 0. The number of benzene rings is 1. The van der Waals surface area contributed by atoms with Crippen LogP contribution >= 0.6 is 12.2 Å². The first-order valence-corrected chi connectivity index (χ1v) is 5.38. The van der Waals surface area contributed by atoms with Crippen molar-refractivity contribution in [2.24, 2.45) is 0 Å². The fourth-order valence-corrected chi connectivity index (χ4v) is 1.65. The summed E-state index contributed by atoms with van der Waals surface area (Å²) in [6, 6.07) is 9.72. The van der Waals surface area contributed by atoms with Crippen molar-refractivity contribution in [1.82, 2.24) is 5.32 Å². The predicted molar refractivity (Wildman–Crippen MR) is 62.0 cm³/mol. The van der Waals surface area contributed by atoms with Crippen molar-refractivity contribution in [3.05, 3.63) is 30.3 Å². The molecule has 1 aromatic rings. The van der Waals surface area contributed by atoms with E-state index in [1.807, 2.05) is 30.3 Å². The van der Waals surface area contributed by atoms with E-state index >= 15 is 0 Å². The van der Waals surface area contributed by atoms with Crippen LogP contribution in [0.3, 0.4) is 0 Å². The van der Waals surface area contributed by atoms with Crippen molar-refractivity contribution in [2.45, 2.75) is 12.5 Å². The summed E-state index contributed by atoms with van der Waals surface area (Å²) < 4.78 is 11.0. The molecule has 0 aliphatic carbocycles. The minimum atomic E-state index is 0.0685. The lowest BCUT2D eigenvalue weighted by Gasteiger charge is -2.25. The van der Waals surface area contributed by atoms with Crippen molar-refractivity contribution in [3.8, 4) is 5.75 Å². The van der Waals surface area contributed by atoms with Gasteiger partial charge in [-0.3, -0.25) is 0 Å². The normalized spacial score (nSPS) is 20.3. The van der Waals surface area contributed by atoms with Crippen LogP contribution in [-0.4, -0.2) is 24.4 Å². The molecule has 1 N–H and O–H groups in total. The molecule has 1 aliphatic rings. The molecule has 15 heavy (non-hydrogen) atoms. The van der Waals surface area contributed by atoms with E-state index in [-0.39, 0.29) is 6.10 Å². The lowest BCUT2D eigenvalue weighted by atomic mass is 10.2. The van der Waals surface area contributed by atoms with Gasteiger partial charge in [-0.1, -0.05) is 18.2 Å². The molecule has 80 valence electrons. The molecule has 0 saturated carbocycles. The summed E-state index contributed by atoms with van der Waals surface area (Å²) in [6.07, 6.45) is 0.992. The number of rotatable bonds is 3. The fourth-order valence-electron chi connectivity index (χ4n) is 1.41. The van der Waals surface area contributed by atoms with Gasteiger partial charge in [0.2, 0.25) is 0 Å². The molecule has 0 bridgehead atoms. The average Bonchev–Trinajstić information content (AvgIpc) is 2.28. The van der Waals surface area contributed by atoms with Gasteiger partial charge in [0.15, 0.2) is 0 Å². The van der Waals surface area contributed by atoms with Gasteiger partial charge in [-0.05, 0) is 24.4 Å². The number of ether oxygens (including phenoxy) is 2. The molecule has 1 heterocycles. The second-order valence-corrected chi connectivity index (χ2v) is 3.74. The van der Waals surface area contributed by atoms with Gasteiger partial charge >= 0.3 is 0 Å². The Balaban J connectivity index is 1.80. The summed E-state index contributed by atoms with van der Waals surface area (Å²) in [6.45, 7) is 1.41. The van der Waals surface area contributed by atoms with E-state index in [0.29, 0.717) is 11.8 Å². The maximum Gasteiger partial charge on any atom is 0.257 e. The quantitative estimate of drug-likeness (QED) is 0.791. The van der Waals surface area contributed by atoms with Crippen LogP contribution in [0.15, 0.2) is 30.3 Å². The first-order valence-electron chi connectivity index (χ1n) is 4.97. The largest absolute Gasteiger partial charge is 0.490 e. The number of thiocarbonyl (C=S) groups is 1. The van der Waals surface area contributed by atoms with Crippen molar-refractivity contribution in [2.75, 3.05) is 13.2 Å². The Morgan fingerprint density at radius 1 is 1.40 bits per heavy atom. The van der Waals surface area contributed by atoms with Crippen molar-refractivity contribution in [3.63, 3.8) is 0 Å². The fraction of sp³-hybridized carbons (Fsp3) is 0.364. The van der Waals surface area contributed by atoms with E-state index in [9.17, 15) is 0 Å². The van der Waals surface area contributed by atoms with Crippen LogP contribution in [0.1, 0.15) is 6.42 Å². The number of para-hydroxylation sites is 1. The van der Waals surface area contributed by atoms with Crippen LogP contribution in [0.2, 0.25) is 0 Å². The summed E-state index contributed by atoms with van der Waals surface area (Å²) in [4.78, 5) is 0. The molecule has 0 amide bonds. The van der Waals surface area contributed by atoms with Crippen LogP contribution in [0.5, 0.6) is 5.75 Å². The Bertz CT molecular complexity index is 329. The molecule has 0 radical (unpaired) electrons. The van der Waals surface area contributed by atoms with Crippen molar-refractivity contribution in [1.29, 1.82) is 0 Å². The van der Waals surface area contributed by atoms with Crippen LogP contribution < -0.4 is 10.1 Å². The van der Waals surface area contributed by atoms with Crippen LogP contribution in [0.4, 0.5) is 0 Å². The highest BCUT2D eigenvalue weighted by Crippen LogP contribution is 2.11. The lowest BCUT2D eigenvalue weighted by Crippen LogP contribution is -2.40. The molecule has 0 aromatic heterocycles. The highest BCUT2D eigenvalue weighted by atomic mass is 32.1. The van der Waals surface area contributed by atoms with Crippen molar-refractivity contribution >= 4 is 17.4 Å². The van der Waals surface area contributed by atoms with Gasteiger partial charge < -0.3 is 14.8 Å². The minimum Gasteiger partial charge on any atom is -0.490 e. The van der Waals surface area contributed by atoms with Crippen LogP contribution in [0, 0.1) is 0 Å². The maximum absolute atomic E-state index is 5.58. The molecule has 1 saturated heterocycles. The van der Waals surface area contributed by atoms with Gasteiger partial charge in [0.1, 0.15) is 18.5 Å². The zero-order chi connectivity index (χ0) is 10.5. The SMILES string of the molecule is S=C1NCC[C@H](COc2ccccc2)O1. The molecular formula is C11H13NO2S. The summed E-state index contributed by atoms with van der Waals surface area (Å²) in [5, 5.41) is 3.44. The Morgan fingerprint density at radius 3 is 2.93 bits per heavy atom. The highest BCUT2D eigenvalue weighted by molar-refractivity contribution is 7.80. The third-order valence-corrected chi connectivity index (χ3v) is 2.43. The molecule has 4 heteroatoms. The molecule has 0 unspecified atom stereocenters. The van der Waals surface area contributed by atoms with Gasteiger partial charge in [0.25, 0.3) is 5.17 Å². The molecule has 1 atom stereocenters. The Morgan fingerprint density at radius 2 is 2.20 bits per heavy atom. The summed E-state index contributed by atoms with van der Waals surface area (Å²) >= 11 is 4.92. The molecule has 3 nitrogen and oxygen atoms in total. The topological polar surface area (TPSA) is 30.5 Å². The summed E-state index contributed by atoms with van der Waals surface area (Å²) in [5.41, 5.74) is 0. The van der Waals surface area contributed by atoms with Crippen molar-refractivity contribution < 1.29 is 9.47 Å². The third kappa shape index (κ3) is 3.09. The van der Waals surface area contributed by atoms with E-state index in [1.165, 1.54) is 0 Å². The minimum absolute atomic E-state index is 0.0685. The van der Waals surface area contributed by atoms with Gasteiger partial charge in [-0.25, -0.2) is 0 Å². The zero-order valence-corrected chi connectivity index (χ0v) is 9.13. The van der Waals surface area contributed by atoms with E-state index in [4.69, 9.17) is 21.7 Å². The molecule has 1 fully saturated rings. The Kier molecular flexibility index (Phi) is 3.40. The molecular weight excluding hydrogens is 210 g/mol. The third-order valence-electron chi connectivity index (χ3n) is 2.19. The smallest absolute Gasteiger partial charge is 0.257 e. The Hall–Kier alpha value is -1.29. The second-order valence-electron chi connectivity index (χ2n) is 3.37. The number of hydrogen-bond donors (Lipinski definition) is 1. The van der Waals surface area contributed by atoms with Gasteiger partial charge in [0, 0.05) is 13.0 Å². The van der Waals surface area contributed by atoms with E-state index in [2.05, 4.69) is 5.32 Å². The molecule has 1 aliphatic heterocycles. The number of nitrogens with one attached hydrogen (secondary N) is 1. The summed E-state index contributed by atoms with van der Waals surface area (Å²) in [5.74, 6) is 0.866. The second kappa shape index (κ2) is 4.98. The van der Waals surface area contributed by atoms with E-state index in [1.54, 1.807) is 0 Å². The number of hydrogen-bond acceptors (Lipinski definition) is 3. The van der Waals surface area contributed by atoms with Gasteiger partial charge in [-0.15, -0.1) is 0 Å². The lowest BCUT2D eigenvalue weighted by molar-refractivity contribution is 0.0957. The van der Waals surface area contributed by atoms with Gasteiger partial charge in [0.05, 0.1) is 0 Å². The first-order chi connectivity index (χ1) is 7.34. The maximum atomic E-state index is 5.58. The predicted octanol–water partition coefficient (Wildman–Crippen LogP) is 1.73. The highest BCUT2D eigenvalue weighted by Gasteiger charge is 2.17. The van der Waals surface area contributed by atoms with Crippen LogP contribution in [-0.2, 0) is 4.74 Å². The average molecular weight is 223 g/mol. The molecule has 0 spiro atoms. The van der Waals surface area contributed by atoms with E-state index in [0.717, 1.165) is 18.7 Å². The molecule has 2 rings (SSSR count). The first kappa shape index (κ1) is 10.2. The van der Waals surface area contributed by atoms with Gasteiger partial charge in [-0.2, -0.15) is 0 Å². The van der Waals surface area contributed by atoms with Crippen LogP contribution in [0.25, 0.3) is 0 Å². The standard InChI is InChI=1S/C11H13NO2S/c15-11-12-7-6-10(14-11)8-13-9-4-2-1-3-5-9/h1-5,10H,6-8H2,(H,12,15)/t10-/m1/s1.